The monoisotopic (exact) mass is 245 g/mol. The Kier molecular flexibility index (Phi) is 2.98. The Balaban J connectivity index is 2.13. The smallest absolute Gasteiger partial charge is 0.244 e. The molecule has 1 aromatic heterocycles. The van der Waals surface area contributed by atoms with Gasteiger partial charge in [-0.25, -0.2) is 8.42 Å². The van der Waals surface area contributed by atoms with Gasteiger partial charge in [0.15, 0.2) is 15.7 Å². The molecule has 2 atom stereocenters. The van der Waals surface area contributed by atoms with Crippen molar-refractivity contribution < 1.29 is 12.9 Å². The Labute approximate surface area is 94.3 Å². The fourth-order valence-electron chi connectivity index (χ4n) is 1.85. The van der Waals surface area contributed by atoms with Gasteiger partial charge in [-0.3, -0.25) is 0 Å². The highest BCUT2D eigenvalue weighted by Crippen LogP contribution is 2.27. The molecule has 16 heavy (non-hydrogen) atoms. The minimum atomic E-state index is -3.11. The van der Waals surface area contributed by atoms with Crippen LogP contribution in [-0.4, -0.2) is 31.4 Å². The summed E-state index contributed by atoms with van der Waals surface area (Å²) in [5.74, 6) is 0.992. The first-order valence-corrected chi connectivity index (χ1v) is 7.25. The van der Waals surface area contributed by atoms with Gasteiger partial charge in [0.05, 0.1) is 6.04 Å². The lowest BCUT2D eigenvalue weighted by atomic mass is 10.0. The third-order valence-corrected chi connectivity index (χ3v) is 3.46. The molecule has 2 rings (SSSR count). The third-order valence-electron chi connectivity index (χ3n) is 2.67. The summed E-state index contributed by atoms with van der Waals surface area (Å²) in [4.78, 5) is 4.11. The van der Waals surface area contributed by atoms with Gasteiger partial charge in [-0.15, -0.1) is 0 Å². The summed E-state index contributed by atoms with van der Waals surface area (Å²) in [5, 5.41) is 6.93. The minimum Gasteiger partial charge on any atom is -0.338 e. The quantitative estimate of drug-likeness (QED) is 0.823. The van der Waals surface area contributed by atoms with E-state index in [4.69, 9.17) is 4.52 Å². The van der Waals surface area contributed by atoms with E-state index in [1.54, 1.807) is 0 Å². The maximum Gasteiger partial charge on any atom is 0.244 e. The first kappa shape index (κ1) is 11.5. The predicted octanol–water partition coefficient (Wildman–Crippen LogP) is 0.285. The number of nitrogens with one attached hydrogen (secondary N) is 1. The molecule has 2 heterocycles. The Hall–Kier alpha value is -0.950. The molecule has 0 aromatic carbocycles. The van der Waals surface area contributed by atoms with Crippen LogP contribution in [0.2, 0.25) is 0 Å². The van der Waals surface area contributed by atoms with Gasteiger partial charge in [0.25, 0.3) is 0 Å². The van der Waals surface area contributed by atoms with Gasteiger partial charge in [0.2, 0.25) is 5.89 Å². The molecule has 1 aromatic rings. The molecule has 2 unspecified atom stereocenters. The van der Waals surface area contributed by atoms with Crippen molar-refractivity contribution in [2.75, 3.05) is 12.8 Å². The van der Waals surface area contributed by atoms with Crippen molar-refractivity contribution in [3.8, 4) is 0 Å². The van der Waals surface area contributed by atoms with Gasteiger partial charge in [-0.2, -0.15) is 4.98 Å². The zero-order chi connectivity index (χ0) is 11.8. The van der Waals surface area contributed by atoms with Crippen molar-refractivity contribution in [1.29, 1.82) is 0 Å². The fraction of sp³-hybridized carbons (Fsp3) is 0.778. The lowest BCUT2D eigenvalue weighted by molar-refractivity contribution is 0.317. The van der Waals surface area contributed by atoms with E-state index in [0.717, 1.165) is 19.2 Å². The van der Waals surface area contributed by atoms with Gasteiger partial charge < -0.3 is 9.84 Å². The van der Waals surface area contributed by atoms with E-state index >= 15 is 0 Å². The number of nitrogens with zero attached hydrogens (tertiary/aromatic N) is 2. The molecule has 0 spiro atoms. The third kappa shape index (κ3) is 2.59. The lowest BCUT2D eigenvalue weighted by Crippen LogP contribution is -2.17. The average Bonchev–Trinajstić information content (AvgIpc) is 2.71. The van der Waals surface area contributed by atoms with Crippen LogP contribution >= 0.6 is 0 Å². The summed E-state index contributed by atoms with van der Waals surface area (Å²) in [6.45, 7) is 3.03. The Morgan fingerprint density at radius 3 is 2.88 bits per heavy atom. The predicted molar refractivity (Wildman–Crippen MR) is 57.4 cm³/mol. The maximum atomic E-state index is 11.1. The summed E-state index contributed by atoms with van der Waals surface area (Å²) < 4.78 is 27.2. The normalized spacial score (nSPS) is 26.1. The van der Waals surface area contributed by atoms with Crippen LogP contribution in [0.4, 0.5) is 0 Å². The molecule has 0 bridgehead atoms. The Morgan fingerprint density at radius 1 is 1.56 bits per heavy atom. The van der Waals surface area contributed by atoms with E-state index in [0.29, 0.717) is 11.8 Å². The van der Waals surface area contributed by atoms with Gasteiger partial charge in [0.1, 0.15) is 5.75 Å². The van der Waals surface area contributed by atoms with E-state index in [1.807, 2.05) is 0 Å². The fourth-order valence-corrected chi connectivity index (χ4v) is 2.44. The number of aromatic nitrogens is 2. The highest BCUT2D eigenvalue weighted by atomic mass is 32.2. The highest BCUT2D eigenvalue weighted by Gasteiger charge is 2.29. The number of hydrogen-bond donors (Lipinski definition) is 1. The molecule has 1 aliphatic heterocycles. The van der Waals surface area contributed by atoms with Crippen LogP contribution < -0.4 is 5.32 Å². The summed E-state index contributed by atoms with van der Waals surface area (Å²) in [5.41, 5.74) is 0. The summed E-state index contributed by atoms with van der Waals surface area (Å²) in [7, 11) is -3.11. The van der Waals surface area contributed by atoms with Gasteiger partial charge in [-0.1, -0.05) is 12.1 Å². The minimum absolute atomic E-state index is 0.0563. The lowest BCUT2D eigenvalue weighted by Gasteiger charge is -2.09. The number of sulfone groups is 1. The SMILES string of the molecule is CC1CCNC1c1nc(CS(C)(=O)=O)no1. The van der Waals surface area contributed by atoms with Crippen LogP contribution in [-0.2, 0) is 15.6 Å². The zero-order valence-corrected chi connectivity index (χ0v) is 10.1. The van der Waals surface area contributed by atoms with Crippen LogP contribution in [0.15, 0.2) is 4.52 Å². The molecule has 1 N–H and O–H groups in total. The average molecular weight is 245 g/mol. The molecule has 0 radical (unpaired) electrons. The van der Waals surface area contributed by atoms with Crippen LogP contribution in [0.1, 0.15) is 31.1 Å². The summed E-state index contributed by atoms with van der Waals surface area (Å²) in [6, 6.07) is 0.0563. The second-order valence-corrected chi connectivity index (χ2v) is 6.46. The molecule has 0 aliphatic carbocycles. The molecule has 0 amide bonds. The molecule has 6 nitrogen and oxygen atoms in total. The van der Waals surface area contributed by atoms with E-state index in [2.05, 4.69) is 22.4 Å². The van der Waals surface area contributed by atoms with Crippen molar-refractivity contribution in [3.05, 3.63) is 11.7 Å². The van der Waals surface area contributed by atoms with E-state index < -0.39 is 9.84 Å². The molecular formula is C9H15N3O3S. The topological polar surface area (TPSA) is 85.1 Å². The number of rotatable bonds is 3. The van der Waals surface area contributed by atoms with Crippen molar-refractivity contribution in [3.63, 3.8) is 0 Å². The molecule has 1 fully saturated rings. The van der Waals surface area contributed by atoms with Crippen LogP contribution in [0.5, 0.6) is 0 Å². The highest BCUT2D eigenvalue weighted by molar-refractivity contribution is 7.89. The van der Waals surface area contributed by atoms with Gasteiger partial charge in [0, 0.05) is 6.26 Å². The van der Waals surface area contributed by atoms with Crippen molar-refractivity contribution in [2.45, 2.75) is 25.1 Å². The molecule has 1 saturated heterocycles. The van der Waals surface area contributed by atoms with Crippen molar-refractivity contribution in [1.82, 2.24) is 15.5 Å². The Morgan fingerprint density at radius 2 is 2.31 bits per heavy atom. The van der Waals surface area contributed by atoms with Crippen LogP contribution in [0, 0.1) is 5.92 Å². The second kappa shape index (κ2) is 4.14. The Bertz CT molecular complexity index is 468. The van der Waals surface area contributed by atoms with Gasteiger partial charge in [-0.05, 0) is 18.9 Å². The molecule has 1 aliphatic rings. The maximum absolute atomic E-state index is 11.1. The van der Waals surface area contributed by atoms with Gasteiger partial charge >= 0.3 is 0 Å². The van der Waals surface area contributed by atoms with E-state index in [-0.39, 0.29) is 17.6 Å². The van der Waals surface area contributed by atoms with E-state index in [9.17, 15) is 8.42 Å². The van der Waals surface area contributed by atoms with E-state index in [1.165, 1.54) is 0 Å². The standard InChI is InChI=1S/C9H15N3O3S/c1-6-3-4-10-8(6)9-11-7(12-15-9)5-16(2,13)14/h6,8,10H,3-5H2,1-2H3. The summed E-state index contributed by atoms with van der Waals surface area (Å²) >= 11 is 0. The van der Waals surface area contributed by atoms with Crippen LogP contribution in [0.25, 0.3) is 0 Å². The van der Waals surface area contributed by atoms with Crippen LogP contribution in [0.3, 0.4) is 0 Å². The largest absolute Gasteiger partial charge is 0.338 e. The molecular weight excluding hydrogens is 230 g/mol. The van der Waals surface area contributed by atoms with Crippen molar-refractivity contribution >= 4 is 9.84 Å². The first-order valence-electron chi connectivity index (χ1n) is 5.19. The van der Waals surface area contributed by atoms with Crippen molar-refractivity contribution in [2.24, 2.45) is 5.92 Å². The molecule has 7 heteroatoms. The number of hydrogen-bond acceptors (Lipinski definition) is 6. The molecule has 0 saturated carbocycles. The summed E-state index contributed by atoms with van der Waals surface area (Å²) in [6.07, 6.45) is 2.22. The molecule has 90 valence electrons. The second-order valence-electron chi connectivity index (χ2n) is 4.32. The first-order chi connectivity index (χ1) is 7.46. The zero-order valence-electron chi connectivity index (χ0n) is 9.30.